The Hall–Kier alpha value is -1.27. The van der Waals surface area contributed by atoms with E-state index in [2.05, 4.69) is 0 Å². The largest absolute Gasteiger partial charge is 0.341 e. The molecule has 0 spiro atoms. The smallest absolute Gasteiger partial charge is 0.223 e. The van der Waals surface area contributed by atoms with E-state index in [1.807, 2.05) is 25.8 Å². The normalized spacial score (nSPS) is 18.5. The van der Waals surface area contributed by atoms with Crippen LogP contribution in [0.5, 0.6) is 0 Å². The van der Waals surface area contributed by atoms with Crippen molar-refractivity contribution in [1.82, 2.24) is 9.80 Å². The molecule has 1 aliphatic rings. The zero-order valence-electron chi connectivity index (χ0n) is 13.2. The standard InChI is InChI=1S/C15H27N3O3/c1-12(2)13(8-19)17(3)7-5-15(11-20)9-18(10-15)14(21)4-6-16/h8,11-13H,4-7,9-10,16H2,1-3H3. The number of hydrogen-bond acceptors (Lipinski definition) is 5. The van der Waals surface area contributed by atoms with Crippen LogP contribution in [0.15, 0.2) is 0 Å². The average Bonchev–Trinajstić information content (AvgIpc) is 2.38. The molecule has 0 bridgehead atoms. The van der Waals surface area contributed by atoms with Crippen LogP contribution >= 0.6 is 0 Å². The molecule has 1 rings (SSSR count). The third-order valence-electron chi connectivity index (χ3n) is 4.27. The highest BCUT2D eigenvalue weighted by atomic mass is 16.2. The van der Waals surface area contributed by atoms with E-state index in [4.69, 9.17) is 5.73 Å². The van der Waals surface area contributed by atoms with Crippen LogP contribution in [0.25, 0.3) is 0 Å². The second-order valence-electron chi connectivity index (χ2n) is 6.37. The van der Waals surface area contributed by atoms with Gasteiger partial charge in [0.25, 0.3) is 0 Å². The number of amides is 1. The molecule has 21 heavy (non-hydrogen) atoms. The van der Waals surface area contributed by atoms with E-state index in [1.165, 1.54) is 0 Å². The van der Waals surface area contributed by atoms with Gasteiger partial charge in [0, 0.05) is 26.1 Å². The van der Waals surface area contributed by atoms with Crippen molar-refractivity contribution in [3.05, 3.63) is 0 Å². The van der Waals surface area contributed by atoms with Gasteiger partial charge in [0.1, 0.15) is 12.6 Å². The summed E-state index contributed by atoms with van der Waals surface area (Å²) in [6.45, 7) is 5.94. The van der Waals surface area contributed by atoms with Crippen LogP contribution in [0, 0.1) is 11.3 Å². The lowest BCUT2D eigenvalue weighted by molar-refractivity contribution is -0.147. The van der Waals surface area contributed by atoms with E-state index in [-0.39, 0.29) is 17.9 Å². The summed E-state index contributed by atoms with van der Waals surface area (Å²) in [5.74, 6) is 0.250. The van der Waals surface area contributed by atoms with Crippen LogP contribution < -0.4 is 5.73 Å². The molecule has 1 fully saturated rings. The molecule has 1 atom stereocenters. The predicted octanol–water partition coefficient (Wildman–Crippen LogP) is -0.0919. The molecule has 0 saturated carbocycles. The van der Waals surface area contributed by atoms with Crippen LogP contribution in [-0.2, 0) is 14.4 Å². The molecule has 1 unspecified atom stereocenters. The topological polar surface area (TPSA) is 83.7 Å². The molecular formula is C15H27N3O3. The minimum atomic E-state index is -0.455. The monoisotopic (exact) mass is 297 g/mol. The first-order chi connectivity index (χ1) is 9.89. The third-order valence-corrected chi connectivity index (χ3v) is 4.27. The molecular weight excluding hydrogens is 270 g/mol. The minimum Gasteiger partial charge on any atom is -0.341 e. The Morgan fingerprint density at radius 1 is 1.38 bits per heavy atom. The van der Waals surface area contributed by atoms with E-state index in [1.54, 1.807) is 4.90 Å². The van der Waals surface area contributed by atoms with Gasteiger partial charge >= 0.3 is 0 Å². The molecule has 2 N–H and O–H groups in total. The third kappa shape index (κ3) is 4.35. The zero-order chi connectivity index (χ0) is 16.0. The number of hydrogen-bond donors (Lipinski definition) is 1. The summed E-state index contributed by atoms with van der Waals surface area (Å²) < 4.78 is 0. The van der Waals surface area contributed by atoms with Crippen molar-refractivity contribution in [2.24, 2.45) is 17.1 Å². The van der Waals surface area contributed by atoms with Crippen molar-refractivity contribution < 1.29 is 14.4 Å². The zero-order valence-corrected chi connectivity index (χ0v) is 13.2. The maximum absolute atomic E-state index is 11.7. The fourth-order valence-corrected chi connectivity index (χ4v) is 2.78. The maximum Gasteiger partial charge on any atom is 0.223 e. The molecule has 6 heteroatoms. The summed E-state index contributed by atoms with van der Waals surface area (Å²) in [6, 6.07) is -0.135. The summed E-state index contributed by atoms with van der Waals surface area (Å²) in [6.07, 6.45) is 2.90. The summed E-state index contributed by atoms with van der Waals surface area (Å²) >= 11 is 0. The van der Waals surface area contributed by atoms with E-state index in [0.29, 0.717) is 39.0 Å². The van der Waals surface area contributed by atoms with Crippen molar-refractivity contribution in [3.8, 4) is 0 Å². The lowest BCUT2D eigenvalue weighted by Crippen LogP contribution is -2.60. The molecule has 0 aromatic heterocycles. The Labute approximate surface area is 126 Å². The quantitative estimate of drug-likeness (QED) is 0.601. The van der Waals surface area contributed by atoms with Crippen LogP contribution in [0.3, 0.4) is 0 Å². The predicted molar refractivity (Wildman–Crippen MR) is 80.7 cm³/mol. The Morgan fingerprint density at radius 3 is 2.43 bits per heavy atom. The molecule has 0 radical (unpaired) electrons. The fourth-order valence-electron chi connectivity index (χ4n) is 2.78. The Balaban J connectivity index is 2.48. The lowest BCUT2D eigenvalue weighted by atomic mass is 9.77. The van der Waals surface area contributed by atoms with Crippen molar-refractivity contribution >= 4 is 18.5 Å². The average molecular weight is 297 g/mol. The highest BCUT2D eigenvalue weighted by Crippen LogP contribution is 2.32. The molecule has 0 aliphatic carbocycles. The lowest BCUT2D eigenvalue weighted by Gasteiger charge is -2.47. The van der Waals surface area contributed by atoms with Gasteiger partial charge in [-0.05, 0) is 25.9 Å². The van der Waals surface area contributed by atoms with Crippen molar-refractivity contribution in [3.63, 3.8) is 0 Å². The van der Waals surface area contributed by atoms with E-state index in [9.17, 15) is 14.4 Å². The number of nitrogens with zero attached hydrogens (tertiary/aromatic N) is 2. The van der Waals surface area contributed by atoms with Gasteiger partial charge < -0.3 is 20.2 Å². The second-order valence-corrected chi connectivity index (χ2v) is 6.37. The molecule has 1 saturated heterocycles. The van der Waals surface area contributed by atoms with Gasteiger partial charge in [0.15, 0.2) is 0 Å². The van der Waals surface area contributed by atoms with Crippen LogP contribution in [0.1, 0.15) is 26.7 Å². The fraction of sp³-hybridized carbons (Fsp3) is 0.800. The summed E-state index contributed by atoms with van der Waals surface area (Å²) in [5, 5.41) is 0. The van der Waals surface area contributed by atoms with Gasteiger partial charge in [0.05, 0.1) is 11.5 Å². The number of rotatable bonds is 9. The summed E-state index contributed by atoms with van der Waals surface area (Å²) in [4.78, 5) is 37.8. The van der Waals surface area contributed by atoms with Crippen molar-refractivity contribution in [2.75, 3.05) is 33.2 Å². The summed E-state index contributed by atoms with van der Waals surface area (Å²) in [7, 11) is 1.90. The first-order valence-corrected chi connectivity index (χ1v) is 7.49. The summed E-state index contributed by atoms with van der Waals surface area (Å²) in [5.41, 5.74) is 4.91. The van der Waals surface area contributed by atoms with Gasteiger partial charge in [-0.15, -0.1) is 0 Å². The van der Waals surface area contributed by atoms with Crippen LogP contribution in [-0.4, -0.2) is 67.5 Å². The van der Waals surface area contributed by atoms with E-state index >= 15 is 0 Å². The minimum absolute atomic E-state index is 0.0104. The van der Waals surface area contributed by atoms with Gasteiger partial charge in [-0.1, -0.05) is 13.8 Å². The SMILES string of the molecule is CC(C)C(C=O)N(C)CCC1(C=O)CN(C(=O)CCN)C1. The molecule has 0 aromatic carbocycles. The van der Waals surface area contributed by atoms with Crippen molar-refractivity contribution in [2.45, 2.75) is 32.7 Å². The Bertz CT molecular complexity index is 378. The maximum atomic E-state index is 11.7. The molecule has 1 amide bonds. The molecule has 0 aromatic rings. The number of nitrogens with two attached hydrogens (primary N) is 1. The van der Waals surface area contributed by atoms with Crippen LogP contribution in [0.4, 0.5) is 0 Å². The first kappa shape index (κ1) is 17.8. The first-order valence-electron chi connectivity index (χ1n) is 7.49. The van der Waals surface area contributed by atoms with Gasteiger partial charge in [0.2, 0.25) is 5.91 Å². The number of aldehydes is 2. The highest BCUT2D eigenvalue weighted by Gasteiger charge is 2.44. The van der Waals surface area contributed by atoms with E-state index in [0.717, 1.165) is 12.6 Å². The molecule has 120 valence electrons. The molecule has 1 heterocycles. The van der Waals surface area contributed by atoms with Gasteiger partial charge in [-0.2, -0.15) is 0 Å². The van der Waals surface area contributed by atoms with E-state index < -0.39 is 5.41 Å². The highest BCUT2D eigenvalue weighted by molar-refractivity contribution is 5.79. The number of likely N-dealkylation sites (tertiary alicyclic amines) is 1. The number of carbonyl (C=O) groups is 3. The Morgan fingerprint density at radius 2 is 2.00 bits per heavy atom. The Kier molecular flexibility index (Phi) is 6.48. The molecule has 1 aliphatic heterocycles. The number of likely N-dealkylation sites (N-methyl/N-ethyl adjacent to an activating group) is 1. The van der Waals surface area contributed by atoms with Gasteiger partial charge in [-0.3, -0.25) is 9.69 Å². The van der Waals surface area contributed by atoms with Crippen molar-refractivity contribution in [1.29, 1.82) is 0 Å². The number of carbonyl (C=O) groups excluding carboxylic acids is 3. The second kappa shape index (κ2) is 7.66. The van der Waals surface area contributed by atoms with Gasteiger partial charge in [-0.25, -0.2) is 0 Å². The molecule has 6 nitrogen and oxygen atoms in total. The van der Waals surface area contributed by atoms with Crippen LogP contribution in [0.2, 0.25) is 0 Å².